The molecule has 3 aromatic rings. The summed E-state index contributed by atoms with van der Waals surface area (Å²) in [7, 11) is -1.84. The highest BCUT2D eigenvalue weighted by Crippen LogP contribution is 2.15. The van der Waals surface area contributed by atoms with Crippen LogP contribution in [0.3, 0.4) is 0 Å². The third kappa shape index (κ3) is 2.81. The number of nitrogens with zero attached hydrogens (tertiary/aromatic N) is 1. The lowest BCUT2D eigenvalue weighted by atomic mass is 10.1. The van der Waals surface area contributed by atoms with Crippen molar-refractivity contribution >= 4 is 18.4 Å². The maximum atomic E-state index is 8.06. The molecule has 0 spiro atoms. The molecule has 0 aliphatic rings. The molecular weight excluding hydrogens is 270 g/mol. The fourth-order valence-electron chi connectivity index (χ4n) is 2.36. The zero-order valence-electron chi connectivity index (χ0n) is 16.1. The normalized spacial score (nSPS) is 14.0. The van der Waals surface area contributed by atoms with Crippen molar-refractivity contribution in [2.75, 3.05) is 0 Å². The van der Waals surface area contributed by atoms with Crippen LogP contribution in [0.2, 0.25) is 13.1 Å². The van der Waals surface area contributed by atoms with Crippen LogP contribution in [0.5, 0.6) is 0 Å². The molecule has 2 heteroatoms. The van der Waals surface area contributed by atoms with Gasteiger partial charge in [-0.05, 0) is 11.3 Å². The molecule has 0 fully saturated rings. The van der Waals surface area contributed by atoms with Crippen molar-refractivity contribution in [2.24, 2.45) is 0 Å². The van der Waals surface area contributed by atoms with Crippen LogP contribution < -0.4 is 10.4 Å². The summed E-state index contributed by atoms with van der Waals surface area (Å²) < 4.78 is 31.3. The van der Waals surface area contributed by atoms with Crippen molar-refractivity contribution < 1.29 is 5.48 Å². The minimum atomic E-state index is -1.84. The lowest BCUT2D eigenvalue weighted by Crippen LogP contribution is -2.52. The average Bonchev–Trinajstić information content (AvgIpc) is 2.64. The van der Waals surface area contributed by atoms with Gasteiger partial charge in [0.2, 0.25) is 0 Å². The van der Waals surface area contributed by atoms with Crippen LogP contribution in [-0.2, 0) is 0 Å². The van der Waals surface area contributed by atoms with Gasteiger partial charge in [0.05, 0.1) is 11.2 Å². The van der Waals surface area contributed by atoms with E-state index < -0.39 is 8.07 Å². The third-order valence-electron chi connectivity index (χ3n) is 3.80. The maximum Gasteiger partial charge on any atom is 0.114 e. The average molecular weight is 293 g/mol. The van der Waals surface area contributed by atoms with Crippen LogP contribution in [0, 0.1) is 0 Å². The van der Waals surface area contributed by atoms with Crippen LogP contribution in [0.1, 0.15) is 5.48 Å². The maximum absolute atomic E-state index is 8.06. The predicted octanol–water partition coefficient (Wildman–Crippen LogP) is 3.57. The molecule has 1 aromatic heterocycles. The molecule has 1 heterocycles. The highest BCUT2D eigenvalue weighted by Gasteiger charge is 2.25. The van der Waals surface area contributed by atoms with Crippen molar-refractivity contribution in [1.82, 2.24) is 4.98 Å². The van der Waals surface area contributed by atoms with Crippen molar-refractivity contribution in [3.05, 3.63) is 78.9 Å². The molecule has 0 radical (unpaired) electrons. The van der Waals surface area contributed by atoms with Crippen molar-refractivity contribution in [3.63, 3.8) is 0 Å². The summed E-state index contributed by atoms with van der Waals surface area (Å²) in [6, 6.07) is 15.2. The lowest BCUT2D eigenvalue weighted by Gasteiger charge is -2.23. The van der Waals surface area contributed by atoms with Gasteiger partial charge < -0.3 is 0 Å². The standard InChI is InChI=1S/C19H19NSi/c1-21(2,17-11-7-4-8-12-17)18-13-14-19(20-15-18)16-9-5-3-6-10-16/h3-15H,1-2H3/i3D,5D,6D,9D. The topological polar surface area (TPSA) is 12.9 Å². The molecule has 0 amide bonds. The summed E-state index contributed by atoms with van der Waals surface area (Å²) in [5.74, 6) is 0. The SMILES string of the molecule is [2H]c1cc(-c2ccc([Si](C)(C)c3ccccc3)cn2)c([2H])c([2H])c1[2H]. The van der Waals surface area contributed by atoms with E-state index in [-0.39, 0.29) is 24.2 Å². The molecule has 0 bridgehead atoms. The second kappa shape index (κ2) is 5.66. The van der Waals surface area contributed by atoms with E-state index in [9.17, 15) is 0 Å². The molecule has 0 aliphatic carbocycles. The van der Waals surface area contributed by atoms with Crippen molar-refractivity contribution in [1.29, 1.82) is 0 Å². The van der Waals surface area contributed by atoms with Crippen molar-refractivity contribution in [3.8, 4) is 11.3 Å². The molecule has 0 aliphatic heterocycles. The molecule has 0 saturated carbocycles. The predicted molar refractivity (Wildman–Crippen MR) is 92.9 cm³/mol. The minimum absolute atomic E-state index is 0.0548. The Morgan fingerprint density at radius 3 is 2.38 bits per heavy atom. The fraction of sp³-hybridized carbons (Fsp3) is 0.105. The van der Waals surface area contributed by atoms with E-state index in [2.05, 4.69) is 30.2 Å². The van der Waals surface area contributed by atoms with Crippen LogP contribution in [0.25, 0.3) is 11.3 Å². The second-order valence-electron chi connectivity index (χ2n) is 5.50. The van der Waals surface area contributed by atoms with E-state index in [4.69, 9.17) is 5.48 Å². The first kappa shape index (κ1) is 9.69. The molecule has 2 aromatic carbocycles. The number of aromatic nitrogens is 1. The third-order valence-corrected chi connectivity index (χ3v) is 7.32. The summed E-state index contributed by atoms with van der Waals surface area (Å²) in [4.78, 5) is 4.50. The number of pyridine rings is 1. The zero-order valence-corrected chi connectivity index (χ0v) is 13.1. The number of hydrogen-bond acceptors (Lipinski definition) is 1. The number of hydrogen-bond donors (Lipinski definition) is 0. The fourth-order valence-corrected chi connectivity index (χ4v) is 4.61. The molecule has 0 saturated heterocycles. The molecule has 104 valence electrons. The van der Waals surface area contributed by atoms with E-state index in [0.717, 1.165) is 0 Å². The Morgan fingerprint density at radius 1 is 0.857 bits per heavy atom. The Morgan fingerprint density at radius 2 is 1.67 bits per heavy atom. The number of rotatable bonds is 3. The molecule has 1 nitrogen and oxygen atoms in total. The first-order valence-electron chi connectivity index (χ1n) is 8.92. The summed E-state index contributed by atoms with van der Waals surface area (Å²) in [6.07, 6.45) is 1.84. The quantitative estimate of drug-likeness (QED) is 0.673. The Balaban J connectivity index is 2.02. The van der Waals surface area contributed by atoms with E-state index in [1.807, 2.05) is 36.5 Å². The van der Waals surface area contributed by atoms with Gasteiger partial charge in [0.25, 0.3) is 0 Å². The van der Waals surface area contributed by atoms with Gasteiger partial charge >= 0.3 is 0 Å². The van der Waals surface area contributed by atoms with Crippen molar-refractivity contribution in [2.45, 2.75) is 13.1 Å². The van der Waals surface area contributed by atoms with E-state index in [0.29, 0.717) is 11.3 Å². The lowest BCUT2D eigenvalue weighted by molar-refractivity contribution is 1.34. The van der Waals surface area contributed by atoms with Gasteiger partial charge in [-0.2, -0.15) is 0 Å². The Hall–Kier alpha value is -2.19. The number of benzene rings is 2. The van der Waals surface area contributed by atoms with Gasteiger partial charge in [0.1, 0.15) is 8.07 Å². The summed E-state index contributed by atoms with van der Waals surface area (Å²) in [6.45, 7) is 4.54. The first-order chi connectivity index (χ1) is 11.8. The van der Waals surface area contributed by atoms with Crippen LogP contribution in [-0.4, -0.2) is 13.1 Å². The molecule has 0 unspecified atom stereocenters. The van der Waals surface area contributed by atoms with Crippen LogP contribution in [0.15, 0.2) is 78.9 Å². The summed E-state index contributed by atoms with van der Waals surface area (Å²) in [5.41, 5.74) is 0.991. The zero-order chi connectivity index (χ0) is 18.2. The van der Waals surface area contributed by atoms with Crippen LogP contribution >= 0.6 is 0 Å². The smallest absolute Gasteiger partial charge is 0.114 e. The largest absolute Gasteiger partial charge is 0.256 e. The monoisotopic (exact) mass is 293 g/mol. The Bertz CT molecular complexity index is 909. The molecule has 0 atom stereocenters. The van der Waals surface area contributed by atoms with Gasteiger partial charge in [-0.25, -0.2) is 0 Å². The van der Waals surface area contributed by atoms with Gasteiger partial charge in [-0.3, -0.25) is 4.98 Å². The molecule has 3 rings (SSSR count). The Kier molecular flexibility index (Phi) is 2.61. The first-order valence-corrected chi connectivity index (χ1v) is 9.92. The van der Waals surface area contributed by atoms with E-state index in [1.54, 1.807) is 0 Å². The molecule has 0 N–H and O–H groups in total. The van der Waals surface area contributed by atoms with Gasteiger partial charge in [-0.15, -0.1) is 0 Å². The summed E-state index contributed by atoms with van der Waals surface area (Å²) in [5, 5.41) is 2.51. The molecule has 21 heavy (non-hydrogen) atoms. The molecular formula is C19H19NSi. The highest BCUT2D eigenvalue weighted by atomic mass is 28.3. The second-order valence-corrected chi connectivity index (χ2v) is 9.91. The summed E-state index contributed by atoms with van der Waals surface area (Å²) >= 11 is 0. The van der Waals surface area contributed by atoms with Gasteiger partial charge in [0, 0.05) is 11.8 Å². The highest BCUT2D eigenvalue weighted by molar-refractivity contribution is 7.00. The minimum Gasteiger partial charge on any atom is -0.256 e. The van der Waals surface area contributed by atoms with Gasteiger partial charge in [-0.1, -0.05) is 84.9 Å². The van der Waals surface area contributed by atoms with Gasteiger partial charge in [0.15, 0.2) is 0 Å². The Labute approximate surface area is 132 Å². The van der Waals surface area contributed by atoms with Crippen LogP contribution in [0.4, 0.5) is 0 Å². The van der Waals surface area contributed by atoms with E-state index >= 15 is 0 Å². The van der Waals surface area contributed by atoms with E-state index in [1.165, 1.54) is 16.4 Å².